The van der Waals surface area contributed by atoms with Crippen molar-refractivity contribution in [3.05, 3.63) is 70.3 Å². The van der Waals surface area contributed by atoms with E-state index in [4.69, 9.17) is 9.47 Å². The molecule has 29 heavy (non-hydrogen) atoms. The van der Waals surface area contributed by atoms with Gasteiger partial charge in [-0.15, -0.1) is 0 Å². The van der Waals surface area contributed by atoms with E-state index in [0.29, 0.717) is 10.8 Å². The first kappa shape index (κ1) is 19.6. The van der Waals surface area contributed by atoms with Gasteiger partial charge in [-0.3, -0.25) is 10.1 Å². The third-order valence-electron chi connectivity index (χ3n) is 4.03. The number of aromatic hydroxyl groups is 1. The maximum Gasteiger partial charge on any atom is 0.347 e. The zero-order valence-electron chi connectivity index (χ0n) is 15.2. The SMILES string of the molecule is COC(=O)COc1cc(C(=O)Oc2ccc([N+](=O)[O-])cc2)c(O)c2ccccc12. The number of phenolic OH excluding ortho intramolecular Hbond substituents is 1. The Hall–Kier alpha value is -4.14. The van der Waals surface area contributed by atoms with Crippen LogP contribution in [0.15, 0.2) is 54.6 Å². The van der Waals surface area contributed by atoms with Crippen molar-refractivity contribution in [2.45, 2.75) is 0 Å². The Morgan fingerprint density at radius 1 is 1.07 bits per heavy atom. The number of esters is 2. The number of carbonyl (C=O) groups excluding carboxylic acids is 2. The maximum absolute atomic E-state index is 12.6. The largest absolute Gasteiger partial charge is 0.506 e. The topological polar surface area (TPSA) is 125 Å². The molecule has 0 aliphatic carbocycles. The number of non-ortho nitro benzene ring substituents is 1. The van der Waals surface area contributed by atoms with Crippen LogP contribution in [0.2, 0.25) is 0 Å². The van der Waals surface area contributed by atoms with Crippen LogP contribution in [0.1, 0.15) is 10.4 Å². The molecule has 0 aromatic heterocycles. The van der Waals surface area contributed by atoms with E-state index in [-0.39, 0.29) is 35.1 Å². The lowest BCUT2D eigenvalue weighted by Crippen LogP contribution is -2.14. The van der Waals surface area contributed by atoms with Crippen LogP contribution in [-0.4, -0.2) is 35.7 Å². The van der Waals surface area contributed by atoms with Gasteiger partial charge >= 0.3 is 11.9 Å². The summed E-state index contributed by atoms with van der Waals surface area (Å²) in [5.41, 5.74) is -0.348. The third kappa shape index (κ3) is 4.24. The summed E-state index contributed by atoms with van der Waals surface area (Å²) in [5.74, 6) is -1.59. The fourth-order valence-electron chi connectivity index (χ4n) is 2.60. The van der Waals surface area contributed by atoms with Crippen molar-refractivity contribution < 1.29 is 33.8 Å². The monoisotopic (exact) mass is 397 g/mol. The Morgan fingerprint density at radius 3 is 2.34 bits per heavy atom. The number of hydrogen-bond acceptors (Lipinski definition) is 8. The number of rotatable bonds is 6. The number of ether oxygens (including phenoxy) is 3. The normalized spacial score (nSPS) is 10.4. The zero-order chi connectivity index (χ0) is 21.0. The van der Waals surface area contributed by atoms with Gasteiger partial charge in [0.15, 0.2) is 6.61 Å². The van der Waals surface area contributed by atoms with Gasteiger partial charge in [0, 0.05) is 22.9 Å². The van der Waals surface area contributed by atoms with Crippen LogP contribution in [0.5, 0.6) is 17.2 Å². The van der Waals surface area contributed by atoms with Gasteiger partial charge in [-0.25, -0.2) is 9.59 Å². The third-order valence-corrected chi connectivity index (χ3v) is 4.03. The number of benzene rings is 3. The molecule has 0 amide bonds. The first-order chi connectivity index (χ1) is 13.9. The Balaban J connectivity index is 1.94. The van der Waals surface area contributed by atoms with E-state index in [0.717, 1.165) is 0 Å². The smallest absolute Gasteiger partial charge is 0.347 e. The van der Waals surface area contributed by atoms with Crippen molar-refractivity contribution in [3.63, 3.8) is 0 Å². The highest BCUT2D eigenvalue weighted by atomic mass is 16.6. The second-order valence-corrected chi connectivity index (χ2v) is 5.82. The molecule has 0 unspecified atom stereocenters. The summed E-state index contributed by atoms with van der Waals surface area (Å²) in [6.07, 6.45) is 0. The van der Waals surface area contributed by atoms with Crippen LogP contribution >= 0.6 is 0 Å². The summed E-state index contributed by atoms with van der Waals surface area (Å²) < 4.78 is 15.2. The van der Waals surface area contributed by atoms with E-state index in [2.05, 4.69) is 4.74 Å². The molecule has 0 heterocycles. The van der Waals surface area contributed by atoms with E-state index >= 15 is 0 Å². The molecule has 1 N–H and O–H groups in total. The average Bonchev–Trinajstić information content (AvgIpc) is 2.73. The lowest BCUT2D eigenvalue weighted by atomic mass is 10.0. The number of fused-ring (bicyclic) bond motifs is 1. The van der Waals surface area contributed by atoms with Gasteiger partial charge in [0.25, 0.3) is 5.69 Å². The van der Waals surface area contributed by atoms with Gasteiger partial charge in [0.05, 0.1) is 12.0 Å². The van der Waals surface area contributed by atoms with E-state index in [1.807, 2.05) is 0 Å². The second kappa shape index (κ2) is 8.26. The first-order valence-corrected chi connectivity index (χ1v) is 8.31. The van der Waals surface area contributed by atoms with Crippen LogP contribution in [0.25, 0.3) is 10.8 Å². The summed E-state index contributed by atoms with van der Waals surface area (Å²) in [5, 5.41) is 22.0. The lowest BCUT2D eigenvalue weighted by molar-refractivity contribution is -0.384. The van der Waals surface area contributed by atoms with Gasteiger partial charge in [-0.05, 0) is 18.2 Å². The molecule has 0 spiro atoms. The molecule has 0 saturated carbocycles. The zero-order valence-corrected chi connectivity index (χ0v) is 15.2. The van der Waals surface area contributed by atoms with E-state index < -0.39 is 16.9 Å². The fourth-order valence-corrected chi connectivity index (χ4v) is 2.60. The van der Waals surface area contributed by atoms with Crippen molar-refractivity contribution in [2.75, 3.05) is 13.7 Å². The molecule has 3 rings (SSSR count). The average molecular weight is 397 g/mol. The summed E-state index contributed by atoms with van der Waals surface area (Å²) in [7, 11) is 1.22. The number of methoxy groups -OCH3 is 1. The molecule has 0 aliphatic heterocycles. The quantitative estimate of drug-likeness (QED) is 0.291. The molecule has 9 nitrogen and oxygen atoms in total. The molecule has 148 valence electrons. The minimum atomic E-state index is -0.898. The first-order valence-electron chi connectivity index (χ1n) is 8.31. The Morgan fingerprint density at radius 2 is 1.72 bits per heavy atom. The lowest BCUT2D eigenvalue weighted by Gasteiger charge is -2.13. The standard InChI is InChI=1S/C20H15NO8/c1-27-18(22)11-28-17-10-16(19(23)15-5-3-2-4-14(15)17)20(24)29-13-8-6-12(7-9-13)21(25)26/h2-10,23H,11H2,1H3. The molecule has 0 atom stereocenters. The van der Waals surface area contributed by atoms with Gasteiger partial charge in [0.2, 0.25) is 0 Å². The van der Waals surface area contributed by atoms with Crippen LogP contribution in [0, 0.1) is 10.1 Å². The summed E-state index contributed by atoms with van der Waals surface area (Å²) >= 11 is 0. The highest BCUT2D eigenvalue weighted by molar-refractivity contribution is 6.04. The van der Waals surface area contributed by atoms with Crippen LogP contribution in [0.4, 0.5) is 5.69 Å². The molecule has 0 radical (unpaired) electrons. The molecular formula is C20H15NO8. The van der Waals surface area contributed by atoms with Crippen molar-refractivity contribution in [1.29, 1.82) is 0 Å². The molecule has 3 aromatic rings. The maximum atomic E-state index is 12.6. The van der Waals surface area contributed by atoms with Crippen LogP contribution in [0.3, 0.4) is 0 Å². The highest BCUT2D eigenvalue weighted by Gasteiger charge is 2.20. The number of carbonyl (C=O) groups is 2. The summed E-state index contributed by atoms with van der Waals surface area (Å²) in [6, 6.07) is 12.8. The molecule has 0 saturated heterocycles. The Kier molecular flexibility index (Phi) is 5.59. The molecule has 3 aromatic carbocycles. The predicted octanol–water partition coefficient (Wildman–Crippen LogP) is 3.22. The van der Waals surface area contributed by atoms with E-state index in [1.54, 1.807) is 24.3 Å². The number of phenols is 1. The number of hydrogen-bond donors (Lipinski definition) is 1. The van der Waals surface area contributed by atoms with Gasteiger partial charge in [-0.2, -0.15) is 0 Å². The Bertz CT molecular complexity index is 1090. The van der Waals surface area contributed by atoms with Crippen molar-refractivity contribution in [1.82, 2.24) is 0 Å². The molecule has 9 heteroatoms. The van der Waals surface area contributed by atoms with Crippen molar-refractivity contribution in [3.8, 4) is 17.2 Å². The molecule has 0 aliphatic rings. The highest BCUT2D eigenvalue weighted by Crippen LogP contribution is 2.36. The number of nitro benzene ring substituents is 1. The Labute approximate surface area is 164 Å². The summed E-state index contributed by atoms with van der Waals surface area (Å²) in [4.78, 5) is 34.1. The molecule has 0 fully saturated rings. The van der Waals surface area contributed by atoms with Crippen LogP contribution in [-0.2, 0) is 9.53 Å². The van der Waals surface area contributed by atoms with Crippen molar-refractivity contribution in [2.24, 2.45) is 0 Å². The summed E-state index contributed by atoms with van der Waals surface area (Å²) in [6.45, 7) is -0.387. The number of nitrogens with zero attached hydrogens (tertiary/aromatic N) is 1. The second-order valence-electron chi connectivity index (χ2n) is 5.82. The molecule has 0 bridgehead atoms. The molecular weight excluding hydrogens is 382 g/mol. The van der Waals surface area contributed by atoms with Gasteiger partial charge in [0.1, 0.15) is 22.8 Å². The van der Waals surface area contributed by atoms with Crippen molar-refractivity contribution >= 4 is 28.4 Å². The number of nitro groups is 1. The minimum absolute atomic E-state index is 0.0604. The van der Waals surface area contributed by atoms with E-state index in [9.17, 15) is 24.8 Å². The van der Waals surface area contributed by atoms with Gasteiger partial charge < -0.3 is 19.3 Å². The fraction of sp³-hybridized carbons (Fsp3) is 0.100. The van der Waals surface area contributed by atoms with Gasteiger partial charge in [-0.1, -0.05) is 24.3 Å². The minimum Gasteiger partial charge on any atom is -0.506 e. The van der Waals surface area contributed by atoms with Crippen LogP contribution < -0.4 is 9.47 Å². The van der Waals surface area contributed by atoms with E-state index in [1.165, 1.54) is 37.4 Å². The predicted molar refractivity (Wildman–Crippen MR) is 101 cm³/mol.